The van der Waals surface area contributed by atoms with E-state index in [1.807, 2.05) is 0 Å². The van der Waals surface area contributed by atoms with Crippen LogP contribution in [0.2, 0.25) is 0 Å². The van der Waals surface area contributed by atoms with E-state index in [0.717, 1.165) is 0 Å². The number of carbonyl (C=O) groups excluding carboxylic acids is 3. The molecule has 1 rings (SSSR count). The van der Waals surface area contributed by atoms with Gasteiger partial charge in [-0.15, -0.1) is 0 Å². The highest BCUT2D eigenvalue weighted by Gasteiger charge is 2.57. The Morgan fingerprint density at radius 3 is 1.00 bits per heavy atom. The molecule has 3 atom stereocenters. The van der Waals surface area contributed by atoms with Gasteiger partial charge in [-0.2, -0.15) is 0 Å². The van der Waals surface area contributed by atoms with Crippen LogP contribution in [0.25, 0.3) is 0 Å². The van der Waals surface area contributed by atoms with Crippen LogP contribution in [0.5, 0.6) is 0 Å². The Hall–Kier alpha value is -1.71. The van der Waals surface area contributed by atoms with Crippen molar-refractivity contribution in [2.75, 3.05) is 19.8 Å². The molecule has 0 aromatic heterocycles. The summed E-state index contributed by atoms with van der Waals surface area (Å²) < 4.78 is 0. The van der Waals surface area contributed by atoms with Crippen LogP contribution in [-0.4, -0.2) is 71.0 Å². The topological polar surface area (TPSA) is 148 Å². The quantitative estimate of drug-likeness (QED) is 0.296. The molecule has 0 bridgehead atoms. The van der Waals surface area contributed by atoms with Crippen molar-refractivity contribution in [1.29, 1.82) is 0 Å². The lowest BCUT2D eigenvalue weighted by Crippen LogP contribution is -2.59. The zero-order chi connectivity index (χ0) is 23.3. The van der Waals surface area contributed by atoms with Gasteiger partial charge in [0.2, 0.25) is 17.7 Å². The van der Waals surface area contributed by atoms with Crippen LogP contribution >= 0.6 is 0 Å². The molecule has 0 spiro atoms. The van der Waals surface area contributed by atoms with E-state index in [-0.39, 0.29) is 56.8 Å². The molecule has 9 heteroatoms. The normalized spacial score (nSPS) is 31.9. The number of nitrogens with one attached hydrogen (secondary N) is 3. The molecule has 174 valence electrons. The van der Waals surface area contributed by atoms with Gasteiger partial charge in [-0.1, -0.05) is 20.8 Å². The van der Waals surface area contributed by atoms with E-state index >= 15 is 0 Å². The van der Waals surface area contributed by atoms with Crippen molar-refractivity contribution in [3.63, 3.8) is 0 Å². The molecule has 0 aromatic rings. The Morgan fingerprint density at radius 2 is 0.833 bits per heavy atom. The maximum atomic E-state index is 13.1. The van der Waals surface area contributed by atoms with E-state index in [1.165, 1.54) is 0 Å². The maximum Gasteiger partial charge on any atom is 0.226 e. The van der Waals surface area contributed by atoms with Crippen LogP contribution in [0.15, 0.2) is 0 Å². The van der Waals surface area contributed by atoms with Crippen LogP contribution < -0.4 is 16.0 Å². The van der Waals surface area contributed by atoms with Crippen LogP contribution in [-0.2, 0) is 14.4 Å². The summed E-state index contributed by atoms with van der Waals surface area (Å²) in [4.78, 5) is 39.3. The highest BCUT2D eigenvalue weighted by molar-refractivity contribution is 5.91. The van der Waals surface area contributed by atoms with Gasteiger partial charge >= 0.3 is 0 Å². The largest absolute Gasteiger partial charge is 0.394 e. The van der Waals surface area contributed by atoms with Gasteiger partial charge in [0.15, 0.2) is 0 Å². The third-order valence-electron chi connectivity index (χ3n) is 5.94. The number of hydrogen-bond acceptors (Lipinski definition) is 6. The first-order valence-corrected chi connectivity index (χ1v) is 10.5. The monoisotopic (exact) mass is 429 g/mol. The fraction of sp³-hybridized carbons (Fsp3) is 0.857. The van der Waals surface area contributed by atoms with Gasteiger partial charge in [-0.25, -0.2) is 0 Å². The van der Waals surface area contributed by atoms with Crippen LogP contribution in [0, 0.1) is 16.2 Å². The fourth-order valence-corrected chi connectivity index (χ4v) is 4.58. The van der Waals surface area contributed by atoms with Crippen LogP contribution in [0.4, 0.5) is 0 Å². The summed E-state index contributed by atoms with van der Waals surface area (Å²) in [5.41, 5.74) is -3.11. The summed E-state index contributed by atoms with van der Waals surface area (Å²) in [6, 6.07) is -1.37. The summed E-state index contributed by atoms with van der Waals surface area (Å²) >= 11 is 0. The molecule has 9 nitrogen and oxygen atoms in total. The molecular formula is C21H39N3O6. The van der Waals surface area contributed by atoms with E-state index < -0.39 is 34.4 Å². The zero-order valence-electron chi connectivity index (χ0n) is 19.0. The molecule has 1 aliphatic rings. The average molecular weight is 430 g/mol. The Balaban J connectivity index is 3.32. The molecule has 1 aliphatic carbocycles. The summed E-state index contributed by atoms with van der Waals surface area (Å²) in [5.74, 6) is -0.980. The van der Waals surface area contributed by atoms with E-state index in [2.05, 4.69) is 16.0 Å². The highest BCUT2D eigenvalue weighted by Crippen LogP contribution is 2.55. The van der Waals surface area contributed by atoms with Crippen molar-refractivity contribution in [3.05, 3.63) is 0 Å². The molecule has 0 aliphatic heterocycles. The maximum absolute atomic E-state index is 13.1. The van der Waals surface area contributed by atoms with Gasteiger partial charge in [-0.05, 0) is 40.0 Å². The predicted octanol–water partition coefficient (Wildman–Crippen LogP) is -0.320. The van der Waals surface area contributed by atoms with Crippen LogP contribution in [0.1, 0.15) is 60.8 Å². The van der Waals surface area contributed by atoms with Gasteiger partial charge in [-0.3, -0.25) is 14.4 Å². The first kappa shape index (κ1) is 26.3. The molecule has 3 amide bonds. The van der Waals surface area contributed by atoms with Crippen molar-refractivity contribution >= 4 is 17.7 Å². The van der Waals surface area contributed by atoms with Crippen molar-refractivity contribution in [3.8, 4) is 0 Å². The van der Waals surface area contributed by atoms with Gasteiger partial charge in [0.05, 0.1) is 19.8 Å². The average Bonchev–Trinajstić information content (AvgIpc) is 2.66. The standard InChI is InChI=1S/C21H39N3O6/c1-13(7-25)22-16(28)19(4)10-20(5,17(29)23-14(2)8-26)12-21(6,11-19)18(30)24-15(3)9-27/h13-15,25-27H,7-12H2,1-6H3,(H,22,28)(H,23,29)(H,24,30)/t13-,14-,15-,19?,20?,21?/m0/s1. The van der Waals surface area contributed by atoms with E-state index in [4.69, 9.17) is 0 Å². The summed E-state index contributed by atoms with van der Waals surface area (Å²) in [5, 5.41) is 36.2. The van der Waals surface area contributed by atoms with Crippen molar-refractivity contribution in [2.24, 2.45) is 16.2 Å². The lowest BCUT2D eigenvalue weighted by molar-refractivity contribution is -0.155. The fourth-order valence-electron chi connectivity index (χ4n) is 4.58. The van der Waals surface area contributed by atoms with Crippen molar-refractivity contribution < 1.29 is 29.7 Å². The van der Waals surface area contributed by atoms with Gasteiger partial charge in [0.25, 0.3) is 0 Å². The van der Waals surface area contributed by atoms with Crippen molar-refractivity contribution in [1.82, 2.24) is 16.0 Å². The molecule has 0 unspecified atom stereocenters. The van der Waals surface area contributed by atoms with Gasteiger partial charge in [0, 0.05) is 34.4 Å². The zero-order valence-corrected chi connectivity index (χ0v) is 19.0. The van der Waals surface area contributed by atoms with E-state index in [9.17, 15) is 29.7 Å². The number of aliphatic hydroxyl groups excluding tert-OH is 3. The van der Waals surface area contributed by atoms with E-state index in [1.54, 1.807) is 41.5 Å². The van der Waals surface area contributed by atoms with Crippen LogP contribution in [0.3, 0.4) is 0 Å². The minimum Gasteiger partial charge on any atom is -0.394 e. The third kappa shape index (κ3) is 6.15. The van der Waals surface area contributed by atoms with E-state index in [0.29, 0.717) is 0 Å². The molecule has 0 aromatic carbocycles. The minimum atomic E-state index is -1.04. The second-order valence-corrected chi connectivity index (χ2v) is 9.88. The first-order valence-electron chi connectivity index (χ1n) is 10.5. The first-order chi connectivity index (χ1) is 13.7. The Kier molecular flexibility index (Phi) is 8.83. The Bertz CT molecular complexity index is 547. The smallest absolute Gasteiger partial charge is 0.226 e. The molecule has 0 heterocycles. The highest BCUT2D eigenvalue weighted by atomic mass is 16.3. The molecule has 30 heavy (non-hydrogen) atoms. The second-order valence-electron chi connectivity index (χ2n) is 9.88. The molecule has 6 N–H and O–H groups in total. The lowest BCUT2D eigenvalue weighted by atomic mass is 9.53. The van der Waals surface area contributed by atoms with Crippen molar-refractivity contribution in [2.45, 2.75) is 78.9 Å². The third-order valence-corrected chi connectivity index (χ3v) is 5.94. The molecule has 1 fully saturated rings. The number of carbonyl (C=O) groups is 3. The minimum absolute atomic E-state index is 0.215. The summed E-state index contributed by atoms with van der Waals surface area (Å²) in [7, 11) is 0. The Labute approximate surface area is 179 Å². The second kappa shape index (κ2) is 10.1. The lowest BCUT2D eigenvalue weighted by Gasteiger charge is -2.50. The number of amides is 3. The Morgan fingerprint density at radius 1 is 0.633 bits per heavy atom. The summed E-state index contributed by atoms with van der Waals surface area (Å²) in [6.07, 6.45) is 0.644. The summed E-state index contributed by atoms with van der Waals surface area (Å²) in [6.45, 7) is 9.54. The van der Waals surface area contributed by atoms with Gasteiger partial charge < -0.3 is 31.3 Å². The molecule has 1 saturated carbocycles. The van der Waals surface area contributed by atoms with Gasteiger partial charge in [0.1, 0.15) is 0 Å². The number of aliphatic hydroxyl groups is 3. The predicted molar refractivity (Wildman–Crippen MR) is 112 cm³/mol. The number of hydrogen-bond donors (Lipinski definition) is 6. The molecular weight excluding hydrogens is 390 g/mol. The molecule has 0 saturated heterocycles. The number of rotatable bonds is 9. The SMILES string of the molecule is C[C@@H](CO)NC(=O)C1(C)CC(C)(C(=O)N[C@@H](C)CO)CC(C)(C(=O)N[C@@H](C)CO)C1. The molecule has 0 radical (unpaired) electrons.